The Labute approximate surface area is 141 Å². The van der Waals surface area contributed by atoms with Crippen LogP contribution in [0.25, 0.3) is 0 Å². The van der Waals surface area contributed by atoms with E-state index in [2.05, 4.69) is 26.5 Å². The SMILES string of the molecule is CC(C)n1cccc(C(=O)N/N=C\c2ccc(O)c(Br)c2)c1=O. The lowest BCUT2D eigenvalue weighted by Gasteiger charge is -2.10. The number of hydrogen-bond donors (Lipinski definition) is 2. The summed E-state index contributed by atoms with van der Waals surface area (Å²) < 4.78 is 2.01. The summed E-state index contributed by atoms with van der Waals surface area (Å²) in [6.07, 6.45) is 3.06. The molecule has 6 nitrogen and oxygen atoms in total. The predicted molar refractivity (Wildman–Crippen MR) is 92.0 cm³/mol. The highest BCUT2D eigenvalue weighted by Crippen LogP contribution is 2.23. The van der Waals surface area contributed by atoms with Crippen molar-refractivity contribution in [3.63, 3.8) is 0 Å². The van der Waals surface area contributed by atoms with Crippen molar-refractivity contribution in [3.8, 4) is 5.75 Å². The van der Waals surface area contributed by atoms with Gasteiger partial charge in [0, 0.05) is 12.2 Å². The van der Waals surface area contributed by atoms with E-state index >= 15 is 0 Å². The molecule has 120 valence electrons. The van der Waals surface area contributed by atoms with Gasteiger partial charge in [-0.2, -0.15) is 5.10 Å². The quantitative estimate of drug-likeness (QED) is 0.634. The van der Waals surface area contributed by atoms with E-state index in [0.717, 1.165) is 0 Å². The number of pyridine rings is 1. The molecular formula is C16H16BrN3O3. The minimum Gasteiger partial charge on any atom is -0.507 e. The van der Waals surface area contributed by atoms with Gasteiger partial charge < -0.3 is 9.67 Å². The Kier molecular flexibility index (Phi) is 5.33. The van der Waals surface area contributed by atoms with Crippen LogP contribution in [0.3, 0.4) is 0 Å². The Hall–Kier alpha value is -2.41. The van der Waals surface area contributed by atoms with Crippen molar-refractivity contribution >= 4 is 28.1 Å². The van der Waals surface area contributed by atoms with Crippen LogP contribution in [0.2, 0.25) is 0 Å². The largest absolute Gasteiger partial charge is 0.507 e. The molecule has 0 aliphatic carbocycles. The smallest absolute Gasteiger partial charge is 0.276 e. The van der Waals surface area contributed by atoms with Gasteiger partial charge in [-0.05, 0) is 65.7 Å². The Balaban J connectivity index is 2.14. The van der Waals surface area contributed by atoms with Crippen LogP contribution in [0.4, 0.5) is 0 Å². The highest BCUT2D eigenvalue weighted by atomic mass is 79.9. The van der Waals surface area contributed by atoms with Crippen LogP contribution in [-0.4, -0.2) is 21.8 Å². The number of carbonyl (C=O) groups is 1. The number of aromatic nitrogens is 1. The van der Waals surface area contributed by atoms with Crippen LogP contribution in [0.5, 0.6) is 5.75 Å². The molecule has 2 rings (SSSR count). The number of nitrogens with zero attached hydrogens (tertiary/aromatic N) is 2. The Bertz CT molecular complexity index is 812. The van der Waals surface area contributed by atoms with E-state index in [0.29, 0.717) is 10.0 Å². The lowest BCUT2D eigenvalue weighted by molar-refractivity contribution is 0.0953. The summed E-state index contributed by atoms with van der Waals surface area (Å²) >= 11 is 3.19. The molecule has 0 fully saturated rings. The molecular weight excluding hydrogens is 362 g/mol. The molecule has 1 amide bonds. The van der Waals surface area contributed by atoms with E-state index in [1.807, 2.05) is 13.8 Å². The van der Waals surface area contributed by atoms with E-state index in [9.17, 15) is 14.7 Å². The summed E-state index contributed by atoms with van der Waals surface area (Å²) in [5.41, 5.74) is 2.68. The molecule has 1 heterocycles. The minimum atomic E-state index is -0.570. The Morgan fingerprint density at radius 2 is 2.13 bits per heavy atom. The fourth-order valence-corrected chi connectivity index (χ4v) is 2.32. The number of benzene rings is 1. The van der Waals surface area contributed by atoms with Crippen molar-refractivity contribution in [2.75, 3.05) is 0 Å². The molecule has 0 saturated carbocycles. The number of nitrogens with one attached hydrogen (secondary N) is 1. The number of hydrazone groups is 1. The summed E-state index contributed by atoms with van der Waals surface area (Å²) in [4.78, 5) is 24.2. The van der Waals surface area contributed by atoms with Gasteiger partial charge in [0.2, 0.25) is 0 Å². The van der Waals surface area contributed by atoms with Gasteiger partial charge in [-0.1, -0.05) is 0 Å². The number of rotatable bonds is 4. The molecule has 0 radical (unpaired) electrons. The highest BCUT2D eigenvalue weighted by molar-refractivity contribution is 9.10. The van der Waals surface area contributed by atoms with Gasteiger partial charge in [0.1, 0.15) is 11.3 Å². The molecule has 2 aromatic rings. The van der Waals surface area contributed by atoms with Crippen LogP contribution >= 0.6 is 15.9 Å². The van der Waals surface area contributed by atoms with Gasteiger partial charge in [0.25, 0.3) is 11.5 Å². The van der Waals surface area contributed by atoms with Crippen molar-refractivity contribution < 1.29 is 9.90 Å². The third-order valence-electron chi connectivity index (χ3n) is 3.13. The van der Waals surface area contributed by atoms with Crippen LogP contribution in [-0.2, 0) is 0 Å². The number of phenols is 1. The summed E-state index contributed by atoms with van der Waals surface area (Å²) in [6.45, 7) is 3.73. The first-order chi connectivity index (χ1) is 10.9. The molecule has 0 bridgehead atoms. The lowest BCUT2D eigenvalue weighted by atomic mass is 10.2. The van der Waals surface area contributed by atoms with Gasteiger partial charge in [-0.3, -0.25) is 9.59 Å². The zero-order valence-corrected chi connectivity index (χ0v) is 14.2. The van der Waals surface area contributed by atoms with E-state index in [4.69, 9.17) is 0 Å². The van der Waals surface area contributed by atoms with Crippen molar-refractivity contribution in [1.82, 2.24) is 9.99 Å². The molecule has 0 unspecified atom stereocenters. The van der Waals surface area contributed by atoms with Crippen LogP contribution in [0.15, 0.2) is 50.9 Å². The van der Waals surface area contributed by atoms with Crippen molar-refractivity contribution in [1.29, 1.82) is 0 Å². The second-order valence-electron chi connectivity index (χ2n) is 5.14. The summed E-state index contributed by atoms with van der Waals surface area (Å²) in [7, 11) is 0. The molecule has 0 aliphatic heterocycles. The van der Waals surface area contributed by atoms with Crippen LogP contribution in [0, 0.1) is 0 Å². The third-order valence-corrected chi connectivity index (χ3v) is 3.76. The first-order valence-electron chi connectivity index (χ1n) is 6.93. The molecule has 7 heteroatoms. The van der Waals surface area contributed by atoms with Gasteiger partial charge in [-0.25, -0.2) is 5.43 Å². The fourth-order valence-electron chi connectivity index (χ4n) is 1.92. The fraction of sp³-hybridized carbons (Fsp3) is 0.188. The monoisotopic (exact) mass is 377 g/mol. The molecule has 23 heavy (non-hydrogen) atoms. The summed E-state index contributed by atoms with van der Waals surface area (Å²) in [5.74, 6) is -0.455. The Morgan fingerprint density at radius 1 is 1.39 bits per heavy atom. The van der Waals surface area contributed by atoms with Crippen molar-refractivity contribution in [2.24, 2.45) is 5.10 Å². The second kappa shape index (κ2) is 7.23. The average molecular weight is 378 g/mol. The first-order valence-corrected chi connectivity index (χ1v) is 7.72. The topological polar surface area (TPSA) is 83.7 Å². The van der Waals surface area contributed by atoms with Gasteiger partial charge in [0.15, 0.2) is 0 Å². The van der Waals surface area contributed by atoms with E-state index < -0.39 is 5.91 Å². The van der Waals surface area contributed by atoms with E-state index in [1.54, 1.807) is 24.4 Å². The molecule has 1 aromatic heterocycles. The molecule has 2 N–H and O–H groups in total. The lowest BCUT2D eigenvalue weighted by Crippen LogP contribution is -2.31. The molecule has 0 spiro atoms. The Morgan fingerprint density at radius 3 is 2.78 bits per heavy atom. The van der Waals surface area contributed by atoms with Crippen LogP contribution in [0.1, 0.15) is 35.8 Å². The number of carbonyl (C=O) groups excluding carboxylic acids is 1. The number of phenolic OH excluding ortho intramolecular Hbond substituents is 1. The minimum absolute atomic E-state index is 0.0326. The second-order valence-corrected chi connectivity index (χ2v) is 5.99. The maximum absolute atomic E-state index is 12.2. The number of halogens is 1. The van der Waals surface area contributed by atoms with Crippen molar-refractivity contribution in [3.05, 3.63) is 62.5 Å². The zero-order valence-electron chi connectivity index (χ0n) is 12.7. The third kappa shape index (κ3) is 4.07. The number of amides is 1. The van der Waals surface area contributed by atoms with E-state index in [1.165, 1.54) is 22.9 Å². The first kappa shape index (κ1) is 17.0. The normalized spacial score (nSPS) is 11.1. The maximum atomic E-state index is 12.2. The molecule has 0 aliphatic rings. The molecule has 0 saturated heterocycles. The maximum Gasteiger partial charge on any atom is 0.276 e. The molecule has 1 aromatic carbocycles. The number of aromatic hydroxyl groups is 1. The zero-order chi connectivity index (χ0) is 17.0. The molecule has 0 atom stereocenters. The van der Waals surface area contributed by atoms with Crippen LogP contribution < -0.4 is 11.0 Å². The standard InChI is InChI=1S/C16H16BrN3O3/c1-10(2)20-7-3-4-12(16(20)23)15(22)19-18-9-11-5-6-14(21)13(17)8-11/h3-10,21H,1-2H3,(H,19,22)/b18-9-. The van der Waals surface area contributed by atoms with Crippen molar-refractivity contribution in [2.45, 2.75) is 19.9 Å². The predicted octanol–water partition coefficient (Wildman–Crippen LogP) is 2.66. The average Bonchev–Trinajstić information content (AvgIpc) is 2.50. The van der Waals surface area contributed by atoms with Gasteiger partial charge >= 0.3 is 0 Å². The highest BCUT2D eigenvalue weighted by Gasteiger charge is 2.12. The number of hydrogen-bond acceptors (Lipinski definition) is 4. The summed E-state index contributed by atoms with van der Waals surface area (Å²) in [6, 6.07) is 7.88. The summed E-state index contributed by atoms with van der Waals surface area (Å²) in [5, 5.41) is 13.2. The van der Waals surface area contributed by atoms with E-state index in [-0.39, 0.29) is 22.9 Å². The van der Waals surface area contributed by atoms with Gasteiger partial charge in [-0.15, -0.1) is 0 Å². The van der Waals surface area contributed by atoms with Gasteiger partial charge in [0.05, 0.1) is 10.7 Å².